The number of likely N-dealkylation sites (tertiary alicyclic amines) is 1. The molecule has 1 spiro atoms. The molecule has 6 nitrogen and oxygen atoms in total. The minimum Gasteiger partial charge on any atom is -0.504 e. The SMILES string of the molecule is CCC(=NCCCN1CCC23c4c5ccc(O)c4O[C@H]2[C@@H](O)C=CC3[C@H]1C5)Nc1ccc(F)cc1. The van der Waals surface area contributed by atoms with Gasteiger partial charge in [-0.1, -0.05) is 25.1 Å². The summed E-state index contributed by atoms with van der Waals surface area (Å²) < 4.78 is 19.4. The lowest BCUT2D eigenvalue weighted by Gasteiger charge is -2.57. The van der Waals surface area contributed by atoms with Crippen LogP contribution < -0.4 is 10.1 Å². The third-order valence-electron chi connectivity index (χ3n) is 8.36. The number of aliphatic hydroxyl groups excluding tert-OH is 1. The fourth-order valence-electron chi connectivity index (χ4n) is 6.84. The van der Waals surface area contributed by atoms with Gasteiger partial charge in [0.25, 0.3) is 0 Å². The molecular weight excluding hydrogens is 445 g/mol. The van der Waals surface area contributed by atoms with Crippen LogP contribution in [0.2, 0.25) is 0 Å². The maximum atomic E-state index is 13.2. The number of rotatable bonds is 6. The van der Waals surface area contributed by atoms with Crippen LogP contribution in [0.25, 0.3) is 0 Å². The zero-order valence-electron chi connectivity index (χ0n) is 20.0. The number of hydrogen-bond acceptors (Lipinski definition) is 5. The molecule has 0 aromatic heterocycles. The third-order valence-corrected chi connectivity index (χ3v) is 8.36. The van der Waals surface area contributed by atoms with E-state index in [-0.39, 0.29) is 29.0 Å². The first kappa shape index (κ1) is 22.6. The zero-order valence-corrected chi connectivity index (χ0v) is 20.0. The topological polar surface area (TPSA) is 77.3 Å². The fourth-order valence-corrected chi connectivity index (χ4v) is 6.84. The number of hydrogen-bond donors (Lipinski definition) is 3. The van der Waals surface area contributed by atoms with E-state index in [4.69, 9.17) is 9.73 Å². The predicted molar refractivity (Wildman–Crippen MR) is 134 cm³/mol. The third kappa shape index (κ3) is 3.55. The molecule has 0 amide bonds. The van der Waals surface area contributed by atoms with Crippen LogP contribution >= 0.6 is 0 Å². The van der Waals surface area contributed by atoms with Crippen LogP contribution in [0.4, 0.5) is 10.1 Å². The molecule has 0 saturated carbocycles. The van der Waals surface area contributed by atoms with Crippen LogP contribution in [0.3, 0.4) is 0 Å². The number of nitrogens with zero attached hydrogens (tertiary/aromatic N) is 2. The smallest absolute Gasteiger partial charge is 0.165 e. The first-order valence-electron chi connectivity index (χ1n) is 12.7. The van der Waals surface area contributed by atoms with Crippen molar-refractivity contribution in [2.24, 2.45) is 10.9 Å². The quantitative estimate of drug-likeness (QED) is 0.254. The summed E-state index contributed by atoms with van der Waals surface area (Å²) in [5.74, 6) is 1.68. The van der Waals surface area contributed by atoms with Gasteiger partial charge in [-0.3, -0.25) is 9.89 Å². The van der Waals surface area contributed by atoms with Crippen molar-refractivity contribution < 1.29 is 19.3 Å². The number of nitrogens with one attached hydrogen (secondary N) is 1. The van der Waals surface area contributed by atoms with Crippen LogP contribution in [0.1, 0.15) is 37.3 Å². The number of anilines is 1. The molecule has 2 bridgehead atoms. The van der Waals surface area contributed by atoms with E-state index >= 15 is 0 Å². The largest absolute Gasteiger partial charge is 0.504 e. The van der Waals surface area contributed by atoms with Crippen molar-refractivity contribution in [1.29, 1.82) is 0 Å². The second kappa shape index (κ2) is 8.64. The molecule has 2 aromatic rings. The van der Waals surface area contributed by atoms with E-state index in [0.717, 1.165) is 62.4 Å². The Kier molecular flexibility index (Phi) is 5.57. The molecule has 1 saturated heterocycles. The highest BCUT2D eigenvalue weighted by molar-refractivity contribution is 5.95. The lowest BCUT2D eigenvalue weighted by Crippen LogP contribution is -2.65. The molecule has 6 rings (SSSR count). The number of phenolic OH excluding ortho intramolecular Hbond substituents is 1. The van der Waals surface area contributed by atoms with Gasteiger partial charge in [0.05, 0.1) is 0 Å². The maximum Gasteiger partial charge on any atom is 0.165 e. The van der Waals surface area contributed by atoms with Gasteiger partial charge in [-0.05, 0) is 61.7 Å². The first-order valence-corrected chi connectivity index (χ1v) is 12.7. The number of aliphatic hydroxyl groups is 1. The van der Waals surface area contributed by atoms with E-state index in [9.17, 15) is 14.6 Å². The van der Waals surface area contributed by atoms with Gasteiger partial charge in [-0.25, -0.2) is 4.39 Å². The van der Waals surface area contributed by atoms with Crippen LogP contribution in [0.15, 0.2) is 53.5 Å². The highest BCUT2D eigenvalue weighted by atomic mass is 19.1. The summed E-state index contributed by atoms with van der Waals surface area (Å²) in [5.41, 5.74) is 2.96. The Morgan fingerprint density at radius 3 is 2.86 bits per heavy atom. The average molecular weight is 478 g/mol. The standard InChI is InChI=1S/C28H32FN3O3/c1-2-24(31-19-7-5-18(29)6-8-19)30-13-3-14-32-15-12-28-20-9-11-23(34)27(28)35-26-22(33)10-4-17(25(26)28)16-21(20)32/h4-11,20-21,23,27,33-34H,2-3,12-16H2,1H3,(H,30,31)/t20?,21-,23+,27+,28?/m1/s1. The molecular formula is C28H32FN3O3. The van der Waals surface area contributed by atoms with Crippen LogP contribution in [-0.4, -0.2) is 58.8 Å². The van der Waals surface area contributed by atoms with Gasteiger partial charge in [-0.15, -0.1) is 0 Å². The van der Waals surface area contributed by atoms with E-state index in [1.165, 1.54) is 17.7 Å². The van der Waals surface area contributed by atoms with Crippen molar-refractivity contribution in [2.75, 3.05) is 25.0 Å². The second-order valence-electron chi connectivity index (χ2n) is 10.2. The lowest BCUT2D eigenvalue weighted by atomic mass is 9.53. The molecule has 3 N–H and O–H groups in total. The number of piperidine rings is 1. The predicted octanol–water partition coefficient (Wildman–Crippen LogP) is 4.02. The van der Waals surface area contributed by atoms with E-state index in [2.05, 4.69) is 23.2 Å². The van der Waals surface area contributed by atoms with Crippen molar-refractivity contribution in [3.63, 3.8) is 0 Å². The molecule has 2 aromatic carbocycles. The molecule has 5 atom stereocenters. The number of amidine groups is 1. The summed E-state index contributed by atoms with van der Waals surface area (Å²) in [7, 11) is 0. The maximum absolute atomic E-state index is 13.2. The van der Waals surface area contributed by atoms with Crippen molar-refractivity contribution in [3.05, 3.63) is 65.5 Å². The molecule has 7 heteroatoms. The molecule has 2 aliphatic heterocycles. The molecule has 35 heavy (non-hydrogen) atoms. The molecule has 2 aliphatic carbocycles. The Morgan fingerprint density at radius 1 is 1.23 bits per heavy atom. The summed E-state index contributed by atoms with van der Waals surface area (Å²) in [5, 5.41) is 24.6. The molecule has 0 radical (unpaired) electrons. The average Bonchev–Trinajstić information content (AvgIpc) is 3.22. The summed E-state index contributed by atoms with van der Waals surface area (Å²) >= 11 is 0. The number of benzene rings is 2. The normalized spacial score (nSPS) is 30.7. The minimum atomic E-state index is -0.661. The molecule has 1 fully saturated rings. The Hall–Kier alpha value is -2.90. The van der Waals surface area contributed by atoms with Gasteiger partial charge in [0.15, 0.2) is 11.5 Å². The number of phenols is 1. The molecule has 2 heterocycles. The fraction of sp³-hybridized carbons (Fsp3) is 0.464. The van der Waals surface area contributed by atoms with Crippen LogP contribution in [0, 0.1) is 11.7 Å². The summed E-state index contributed by atoms with van der Waals surface area (Å²) in [6.07, 6.45) is 6.64. The van der Waals surface area contributed by atoms with Crippen molar-refractivity contribution in [1.82, 2.24) is 4.90 Å². The van der Waals surface area contributed by atoms with E-state index in [1.807, 2.05) is 12.1 Å². The van der Waals surface area contributed by atoms with Crippen LogP contribution in [0.5, 0.6) is 11.5 Å². The van der Waals surface area contributed by atoms with E-state index in [0.29, 0.717) is 11.8 Å². The lowest BCUT2D eigenvalue weighted by molar-refractivity contribution is -0.0516. The zero-order chi connectivity index (χ0) is 24.2. The van der Waals surface area contributed by atoms with Gasteiger partial charge in [0, 0.05) is 48.1 Å². The Morgan fingerprint density at radius 2 is 2.06 bits per heavy atom. The van der Waals surface area contributed by atoms with Gasteiger partial charge in [-0.2, -0.15) is 0 Å². The molecule has 2 unspecified atom stereocenters. The Labute approximate surface area is 205 Å². The monoisotopic (exact) mass is 477 g/mol. The van der Waals surface area contributed by atoms with Crippen LogP contribution in [-0.2, 0) is 11.8 Å². The highest BCUT2D eigenvalue weighted by Crippen LogP contribution is 2.62. The highest BCUT2D eigenvalue weighted by Gasteiger charge is 2.64. The number of aromatic hydroxyl groups is 1. The van der Waals surface area contributed by atoms with Gasteiger partial charge in [0.2, 0.25) is 0 Å². The summed E-state index contributed by atoms with van der Waals surface area (Å²) in [6, 6.07) is 10.5. The molecule has 4 aliphatic rings. The van der Waals surface area contributed by atoms with Crippen molar-refractivity contribution in [2.45, 2.75) is 56.3 Å². The van der Waals surface area contributed by atoms with E-state index < -0.39 is 6.10 Å². The van der Waals surface area contributed by atoms with Crippen molar-refractivity contribution in [3.8, 4) is 11.5 Å². The minimum absolute atomic E-state index is 0.179. The Bertz CT molecular complexity index is 1180. The first-order chi connectivity index (χ1) is 17.0. The van der Waals surface area contributed by atoms with Gasteiger partial charge in [0.1, 0.15) is 23.9 Å². The number of halogens is 1. The van der Waals surface area contributed by atoms with E-state index in [1.54, 1.807) is 18.2 Å². The number of ether oxygens (including phenoxy) is 1. The Balaban J connectivity index is 1.17. The summed E-state index contributed by atoms with van der Waals surface area (Å²) in [6.45, 7) is 4.69. The molecule has 184 valence electrons. The van der Waals surface area contributed by atoms with Crippen molar-refractivity contribution >= 4 is 11.5 Å². The van der Waals surface area contributed by atoms with Gasteiger partial charge >= 0.3 is 0 Å². The second-order valence-corrected chi connectivity index (χ2v) is 10.2. The summed E-state index contributed by atoms with van der Waals surface area (Å²) in [4.78, 5) is 7.35. The number of aliphatic imine (C=N–C) groups is 1. The van der Waals surface area contributed by atoms with Gasteiger partial charge < -0.3 is 20.3 Å².